The molecule has 2 aliphatic heterocycles. The fourth-order valence-electron chi connectivity index (χ4n) is 3.75. The van der Waals surface area contributed by atoms with E-state index in [1.807, 2.05) is 36.4 Å². The first-order valence-electron chi connectivity index (χ1n) is 9.61. The maximum Gasteiger partial charge on any atom is 0.251 e. The number of hydrogen-bond acceptors (Lipinski definition) is 6. The van der Waals surface area contributed by atoms with Gasteiger partial charge >= 0.3 is 0 Å². The molecule has 2 saturated heterocycles. The van der Waals surface area contributed by atoms with E-state index in [0.29, 0.717) is 5.56 Å². The number of benzene rings is 2. The summed E-state index contributed by atoms with van der Waals surface area (Å²) in [5.41, 5.74) is 10.5. The monoisotopic (exact) mass is 410 g/mol. The van der Waals surface area contributed by atoms with Gasteiger partial charge in [-0.1, -0.05) is 53.6 Å². The van der Waals surface area contributed by atoms with Crippen LogP contribution in [0.4, 0.5) is 0 Å². The van der Waals surface area contributed by atoms with Crippen LogP contribution < -0.4 is 5.32 Å². The van der Waals surface area contributed by atoms with Crippen LogP contribution in [0.2, 0.25) is 0 Å². The number of carbonyl (C=O) groups is 1. The molecule has 2 aliphatic rings. The molecule has 6 atom stereocenters. The fraction of sp³-hybridized carbons (Fsp3) is 0.381. The first-order valence-corrected chi connectivity index (χ1v) is 9.61. The predicted octanol–water partition coefficient (Wildman–Crippen LogP) is 2.95. The largest absolute Gasteiger partial charge is 0.354 e. The Labute approximate surface area is 173 Å². The number of ether oxygens (including phenoxy) is 4. The molecule has 0 saturated carbocycles. The van der Waals surface area contributed by atoms with Gasteiger partial charge in [-0.2, -0.15) is 0 Å². The Bertz CT molecular complexity index is 906. The van der Waals surface area contributed by atoms with Gasteiger partial charge in [0, 0.05) is 23.1 Å². The molecule has 2 aromatic carbocycles. The minimum atomic E-state index is -0.824. The van der Waals surface area contributed by atoms with E-state index in [4.69, 9.17) is 18.9 Å². The molecule has 2 fully saturated rings. The molecule has 156 valence electrons. The number of nitrogens with one attached hydrogen (secondary N) is 1. The summed E-state index contributed by atoms with van der Waals surface area (Å²) in [4.78, 5) is 15.7. The Balaban J connectivity index is 1.59. The van der Waals surface area contributed by atoms with Crippen molar-refractivity contribution in [2.45, 2.75) is 36.9 Å². The second-order valence-corrected chi connectivity index (χ2v) is 7.02. The zero-order chi connectivity index (χ0) is 20.9. The smallest absolute Gasteiger partial charge is 0.251 e. The summed E-state index contributed by atoms with van der Waals surface area (Å²) in [6.07, 6.45) is -2.57. The van der Waals surface area contributed by atoms with Crippen molar-refractivity contribution in [3.63, 3.8) is 0 Å². The summed E-state index contributed by atoms with van der Waals surface area (Å²) >= 11 is 0. The van der Waals surface area contributed by atoms with Crippen molar-refractivity contribution in [1.29, 1.82) is 0 Å². The van der Waals surface area contributed by atoms with Gasteiger partial charge in [0.05, 0.1) is 18.7 Å². The minimum Gasteiger partial charge on any atom is -0.354 e. The van der Waals surface area contributed by atoms with E-state index < -0.39 is 36.9 Å². The first kappa shape index (κ1) is 20.3. The quantitative estimate of drug-likeness (QED) is 0.462. The van der Waals surface area contributed by atoms with Gasteiger partial charge in [0.2, 0.25) is 0 Å². The van der Waals surface area contributed by atoms with Crippen LogP contribution in [-0.2, 0) is 18.9 Å². The number of azide groups is 1. The Kier molecular flexibility index (Phi) is 6.27. The maximum atomic E-state index is 12.7. The Morgan fingerprint density at radius 2 is 1.83 bits per heavy atom. The average molecular weight is 410 g/mol. The molecular formula is C21H22N4O5. The number of rotatable bonds is 5. The SMILES string of the molecule is CO[C@@H]1O[C@@H]2CO[C@@H](c3ccccc3)O[C@H]2[C@H](N=[N+]=[N-])[C@H]1NC(=O)c1ccccc1. The summed E-state index contributed by atoms with van der Waals surface area (Å²) in [5, 5.41) is 6.83. The lowest BCUT2D eigenvalue weighted by atomic mass is 9.93. The molecule has 1 N–H and O–H groups in total. The second kappa shape index (κ2) is 9.25. The van der Waals surface area contributed by atoms with Gasteiger partial charge in [0.15, 0.2) is 12.6 Å². The van der Waals surface area contributed by atoms with Crippen molar-refractivity contribution in [3.8, 4) is 0 Å². The lowest BCUT2D eigenvalue weighted by Crippen LogP contribution is -2.66. The Hall–Kier alpha value is -2.94. The van der Waals surface area contributed by atoms with Crippen LogP contribution in [-0.4, -0.2) is 50.2 Å². The van der Waals surface area contributed by atoms with Crippen LogP contribution in [0.25, 0.3) is 10.4 Å². The molecule has 4 rings (SSSR count). The van der Waals surface area contributed by atoms with Crippen molar-refractivity contribution in [2.75, 3.05) is 13.7 Å². The van der Waals surface area contributed by atoms with Crippen LogP contribution in [0, 0.1) is 0 Å². The molecule has 9 heteroatoms. The van der Waals surface area contributed by atoms with E-state index in [1.165, 1.54) is 7.11 Å². The topological polar surface area (TPSA) is 115 Å². The molecule has 2 heterocycles. The molecule has 0 bridgehead atoms. The summed E-state index contributed by atoms with van der Waals surface area (Å²) in [5.74, 6) is -0.325. The van der Waals surface area contributed by atoms with Crippen molar-refractivity contribution in [3.05, 3.63) is 82.2 Å². The molecule has 9 nitrogen and oxygen atoms in total. The highest BCUT2D eigenvalue weighted by Crippen LogP contribution is 2.35. The first-order chi connectivity index (χ1) is 14.7. The summed E-state index contributed by atoms with van der Waals surface area (Å²) in [6, 6.07) is 16.7. The van der Waals surface area contributed by atoms with Gasteiger partial charge in [-0.25, -0.2) is 0 Å². The Morgan fingerprint density at radius 3 is 2.50 bits per heavy atom. The molecule has 0 aromatic heterocycles. The normalized spacial score (nSPS) is 30.6. The van der Waals surface area contributed by atoms with Gasteiger partial charge in [-0.15, -0.1) is 0 Å². The molecule has 0 aliphatic carbocycles. The third kappa shape index (κ3) is 4.16. The number of fused-ring (bicyclic) bond motifs is 1. The van der Waals surface area contributed by atoms with E-state index in [9.17, 15) is 10.3 Å². The molecule has 1 amide bonds. The lowest BCUT2D eigenvalue weighted by Gasteiger charge is -2.48. The van der Waals surface area contributed by atoms with Crippen LogP contribution >= 0.6 is 0 Å². The van der Waals surface area contributed by atoms with Gasteiger partial charge in [0.25, 0.3) is 5.91 Å². The minimum absolute atomic E-state index is 0.237. The van der Waals surface area contributed by atoms with E-state index in [2.05, 4.69) is 15.3 Å². The van der Waals surface area contributed by atoms with Crippen molar-refractivity contribution < 1.29 is 23.7 Å². The number of amides is 1. The van der Waals surface area contributed by atoms with E-state index in [1.54, 1.807) is 24.3 Å². The molecule has 30 heavy (non-hydrogen) atoms. The standard InChI is InChI=1S/C21H22N4O5/c1-27-21-17(23-19(26)13-8-4-2-5-9-13)16(24-25-22)18-15(29-21)12-28-20(30-18)14-10-6-3-7-11-14/h2-11,15-18,20-21H,12H2,1H3,(H,23,26)/t15-,16-,17-,18-,20-,21-/m1/s1. The van der Waals surface area contributed by atoms with Crippen LogP contribution in [0.5, 0.6) is 0 Å². The van der Waals surface area contributed by atoms with Crippen LogP contribution in [0.3, 0.4) is 0 Å². The highest BCUT2D eigenvalue weighted by atomic mass is 16.7. The maximum absolute atomic E-state index is 12.7. The Morgan fingerprint density at radius 1 is 1.13 bits per heavy atom. The lowest BCUT2D eigenvalue weighted by molar-refractivity contribution is -0.322. The van der Waals surface area contributed by atoms with Crippen LogP contribution in [0.15, 0.2) is 65.8 Å². The van der Waals surface area contributed by atoms with Gasteiger partial charge in [-0.05, 0) is 17.7 Å². The van der Waals surface area contributed by atoms with Gasteiger partial charge < -0.3 is 24.3 Å². The van der Waals surface area contributed by atoms with Crippen molar-refractivity contribution >= 4 is 5.91 Å². The third-order valence-corrected chi connectivity index (χ3v) is 5.19. The van der Waals surface area contributed by atoms with Gasteiger partial charge in [-0.3, -0.25) is 4.79 Å². The van der Waals surface area contributed by atoms with Crippen molar-refractivity contribution in [1.82, 2.24) is 5.32 Å². The van der Waals surface area contributed by atoms with E-state index >= 15 is 0 Å². The summed E-state index contributed by atoms with van der Waals surface area (Å²) in [6.45, 7) is 0.237. The average Bonchev–Trinajstić information content (AvgIpc) is 2.81. The zero-order valence-corrected chi connectivity index (χ0v) is 16.3. The van der Waals surface area contributed by atoms with E-state index in [-0.39, 0.29) is 12.5 Å². The number of carbonyl (C=O) groups excluding carboxylic acids is 1. The zero-order valence-electron chi connectivity index (χ0n) is 16.3. The fourth-order valence-corrected chi connectivity index (χ4v) is 3.75. The molecule has 0 unspecified atom stereocenters. The molecule has 0 spiro atoms. The molecule has 2 aromatic rings. The number of methoxy groups -OCH3 is 1. The molecule has 0 radical (unpaired) electrons. The van der Waals surface area contributed by atoms with Crippen LogP contribution in [0.1, 0.15) is 22.2 Å². The highest BCUT2D eigenvalue weighted by molar-refractivity contribution is 5.94. The summed E-state index contributed by atoms with van der Waals surface area (Å²) in [7, 11) is 1.47. The van der Waals surface area contributed by atoms with E-state index in [0.717, 1.165) is 5.56 Å². The van der Waals surface area contributed by atoms with Crippen molar-refractivity contribution in [2.24, 2.45) is 5.11 Å². The molecular weight excluding hydrogens is 388 g/mol. The number of hydrogen-bond donors (Lipinski definition) is 1. The number of nitrogens with zero attached hydrogens (tertiary/aromatic N) is 3. The summed E-state index contributed by atoms with van der Waals surface area (Å²) < 4.78 is 23.4. The highest BCUT2D eigenvalue weighted by Gasteiger charge is 2.50. The predicted molar refractivity (Wildman–Crippen MR) is 106 cm³/mol. The van der Waals surface area contributed by atoms with Gasteiger partial charge in [0.1, 0.15) is 12.2 Å². The third-order valence-electron chi connectivity index (χ3n) is 5.19. The second-order valence-electron chi connectivity index (χ2n) is 7.02.